The maximum Gasteiger partial charge on any atom is 0.279 e. The highest BCUT2D eigenvalue weighted by Crippen LogP contribution is 2.24. The normalized spacial score (nSPS) is 11.0. The van der Waals surface area contributed by atoms with E-state index in [1.54, 1.807) is 29.8 Å². The lowest BCUT2D eigenvalue weighted by Gasteiger charge is -2.08. The molecule has 1 N–H and O–H groups in total. The third-order valence-corrected chi connectivity index (χ3v) is 6.34. The minimum Gasteiger partial charge on any atom is -0.489 e. The van der Waals surface area contributed by atoms with Crippen molar-refractivity contribution in [2.45, 2.75) is 40.8 Å². The molecule has 0 radical (unpaired) electrons. The van der Waals surface area contributed by atoms with Crippen molar-refractivity contribution in [1.29, 1.82) is 0 Å². The number of halogens is 2. The van der Waals surface area contributed by atoms with Crippen molar-refractivity contribution >= 4 is 34.9 Å². The number of amides is 1. The zero-order chi connectivity index (χ0) is 24.4. The highest BCUT2D eigenvalue weighted by Gasteiger charge is 2.22. The van der Waals surface area contributed by atoms with Gasteiger partial charge in [-0.05, 0) is 68.7 Å². The van der Waals surface area contributed by atoms with Crippen molar-refractivity contribution in [3.63, 3.8) is 0 Å². The van der Waals surface area contributed by atoms with Crippen LogP contribution in [-0.2, 0) is 13.2 Å². The van der Waals surface area contributed by atoms with E-state index in [-0.39, 0.29) is 12.3 Å². The molecule has 0 saturated heterocycles. The van der Waals surface area contributed by atoms with Crippen molar-refractivity contribution in [1.82, 2.24) is 14.9 Å². The van der Waals surface area contributed by atoms with Crippen LogP contribution in [0.15, 0.2) is 47.0 Å². The topological polar surface area (TPSA) is 82.2 Å². The maximum absolute atomic E-state index is 12.9. The van der Waals surface area contributed by atoms with Crippen molar-refractivity contribution in [3.8, 4) is 5.75 Å². The Balaban J connectivity index is 1.46. The number of nitrogens with one attached hydrogen (secondary N) is 1. The van der Waals surface area contributed by atoms with Gasteiger partial charge in [0.05, 0.1) is 22.2 Å². The number of anilines is 1. The summed E-state index contributed by atoms with van der Waals surface area (Å²) in [6.45, 7) is 8.36. The highest BCUT2D eigenvalue weighted by molar-refractivity contribution is 6.42. The van der Waals surface area contributed by atoms with Crippen molar-refractivity contribution in [3.05, 3.63) is 91.9 Å². The predicted octanol–water partition coefficient (Wildman–Crippen LogP) is 6.29. The number of aryl methyl sites for hydroxylation is 4. The molecule has 4 rings (SSSR count). The lowest BCUT2D eigenvalue weighted by molar-refractivity contribution is 0.101. The van der Waals surface area contributed by atoms with Crippen molar-refractivity contribution in [2.24, 2.45) is 0 Å². The Hall–Kier alpha value is -3.29. The lowest BCUT2D eigenvalue weighted by atomic mass is 10.1. The van der Waals surface area contributed by atoms with Crippen LogP contribution >= 0.6 is 23.2 Å². The van der Waals surface area contributed by atoms with Crippen LogP contribution in [0.25, 0.3) is 0 Å². The quantitative estimate of drug-likeness (QED) is 0.323. The minimum atomic E-state index is -0.422. The van der Waals surface area contributed by atoms with Crippen LogP contribution in [0.3, 0.4) is 0 Å². The molecular formula is C25H24Cl2N4O3. The second-order valence-corrected chi connectivity index (χ2v) is 8.95. The lowest BCUT2D eigenvalue weighted by Crippen LogP contribution is -2.16. The number of carbonyl (C=O) groups is 1. The molecule has 34 heavy (non-hydrogen) atoms. The largest absolute Gasteiger partial charge is 0.489 e. The molecule has 4 aromatic rings. The first-order chi connectivity index (χ1) is 16.2. The Morgan fingerprint density at radius 2 is 1.82 bits per heavy atom. The molecule has 0 fully saturated rings. The van der Waals surface area contributed by atoms with E-state index in [9.17, 15) is 4.79 Å². The van der Waals surface area contributed by atoms with Crippen LogP contribution in [0.4, 0.5) is 5.82 Å². The van der Waals surface area contributed by atoms with Gasteiger partial charge in [0.1, 0.15) is 18.1 Å². The molecule has 0 bridgehead atoms. The smallest absolute Gasteiger partial charge is 0.279 e. The van der Waals surface area contributed by atoms with E-state index < -0.39 is 5.91 Å². The summed E-state index contributed by atoms with van der Waals surface area (Å²) in [4.78, 5) is 12.9. The summed E-state index contributed by atoms with van der Waals surface area (Å²) in [6.07, 6.45) is 0. The fourth-order valence-electron chi connectivity index (χ4n) is 3.42. The van der Waals surface area contributed by atoms with Gasteiger partial charge in [0.2, 0.25) is 0 Å². The van der Waals surface area contributed by atoms with Crippen LogP contribution in [0.5, 0.6) is 5.75 Å². The molecule has 0 aliphatic rings. The summed E-state index contributed by atoms with van der Waals surface area (Å²) in [7, 11) is 0. The van der Waals surface area contributed by atoms with Gasteiger partial charge in [0, 0.05) is 11.8 Å². The standard InChI is InChI=1S/C25H24Cl2N4O3/c1-14-5-7-19(9-15(14)2)33-13-20-17(4)34-30-24(20)25(32)28-23-10-16(3)31(29-23)12-18-6-8-21(26)22(27)11-18/h5-11H,12-13H2,1-4H3,(H,28,29,32). The molecule has 7 nitrogen and oxygen atoms in total. The molecular weight excluding hydrogens is 475 g/mol. The molecule has 0 unspecified atom stereocenters. The third kappa shape index (κ3) is 5.26. The summed E-state index contributed by atoms with van der Waals surface area (Å²) < 4.78 is 12.9. The Kier molecular flexibility index (Phi) is 6.95. The van der Waals surface area contributed by atoms with E-state index in [0.29, 0.717) is 39.5 Å². The molecule has 176 valence electrons. The minimum absolute atomic E-state index is 0.158. The van der Waals surface area contributed by atoms with E-state index in [1.165, 1.54) is 5.56 Å². The highest BCUT2D eigenvalue weighted by atomic mass is 35.5. The Morgan fingerprint density at radius 3 is 2.56 bits per heavy atom. The number of ether oxygens (including phenoxy) is 1. The number of rotatable bonds is 7. The predicted molar refractivity (Wildman–Crippen MR) is 132 cm³/mol. The van der Waals surface area contributed by atoms with Gasteiger partial charge in [-0.25, -0.2) is 0 Å². The SMILES string of the molecule is Cc1ccc(OCc2c(C(=O)Nc3cc(C)n(Cc4ccc(Cl)c(Cl)c4)n3)noc2C)cc1C. The molecule has 2 aromatic carbocycles. The Labute approximate surface area is 207 Å². The molecule has 0 atom stereocenters. The van der Waals surface area contributed by atoms with Crippen molar-refractivity contribution in [2.75, 3.05) is 5.32 Å². The summed E-state index contributed by atoms with van der Waals surface area (Å²) >= 11 is 12.1. The Bertz CT molecular complexity index is 1360. The first-order valence-corrected chi connectivity index (χ1v) is 11.4. The first-order valence-electron chi connectivity index (χ1n) is 10.7. The van der Waals surface area contributed by atoms with E-state index in [4.69, 9.17) is 32.5 Å². The van der Waals surface area contributed by atoms with Gasteiger partial charge in [-0.3, -0.25) is 9.48 Å². The molecule has 9 heteroatoms. The second-order valence-electron chi connectivity index (χ2n) is 8.13. The van der Waals surface area contributed by atoms with Gasteiger partial charge in [0.15, 0.2) is 11.5 Å². The third-order valence-electron chi connectivity index (χ3n) is 5.60. The van der Waals surface area contributed by atoms with Crippen LogP contribution < -0.4 is 10.1 Å². The van der Waals surface area contributed by atoms with Gasteiger partial charge < -0.3 is 14.6 Å². The second kappa shape index (κ2) is 9.91. The number of aromatic nitrogens is 3. The van der Waals surface area contributed by atoms with E-state index in [2.05, 4.69) is 15.6 Å². The average Bonchev–Trinajstić information content (AvgIpc) is 3.33. The number of hydrogen-bond donors (Lipinski definition) is 1. The van der Waals surface area contributed by atoms with Crippen LogP contribution in [0, 0.1) is 27.7 Å². The fourth-order valence-corrected chi connectivity index (χ4v) is 3.74. The van der Waals surface area contributed by atoms with Gasteiger partial charge in [-0.2, -0.15) is 5.10 Å². The molecule has 0 saturated carbocycles. The summed E-state index contributed by atoms with van der Waals surface area (Å²) in [5.74, 6) is 1.22. The number of benzene rings is 2. The zero-order valence-electron chi connectivity index (χ0n) is 19.3. The van der Waals surface area contributed by atoms with E-state index in [1.807, 2.05) is 45.0 Å². The Morgan fingerprint density at radius 1 is 1.03 bits per heavy atom. The molecule has 0 spiro atoms. The zero-order valence-corrected chi connectivity index (χ0v) is 20.8. The molecule has 0 aliphatic carbocycles. The number of nitrogens with zero attached hydrogens (tertiary/aromatic N) is 3. The summed E-state index contributed by atoms with van der Waals surface area (Å²) in [5.41, 5.74) is 4.87. The van der Waals surface area contributed by atoms with E-state index >= 15 is 0 Å². The van der Waals surface area contributed by atoms with Gasteiger partial charge >= 0.3 is 0 Å². The number of hydrogen-bond acceptors (Lipinski definition) is 5. The van der Waals surface area contributed by atoms with Crippen LogP contribution in [0.2, 0.25) is 10.0 Å². The molecule has 2 heterocycles. The molecule has 0 aliphatic heterocycles. The number of carbonyl (C=O) groups excluding carboxylic acids is 1. The van der Waals surface area contributed by atoms with E-state index in [0.717, 1.165) is 16.8 Å². The summed E-state index contributed by atoms with van der Waals surface area (Å²) in [6, 6.07) is 13.1. The van der Waals surface area contributed by atoms with Crippen LogP contribution in [0.1, 0.15) is 44.2 Å². The summed E-state index contributed by atoms with van der Waals surface area (Å²) in [5, 5.41) is 12.2. The van der Waals surface area contributed by atoms with Crippen LogP contribution in [-0.4, -0.2) is 20.8 Å². The monoisotopic (exact) mass is 498 g/mol. The average molecular weight is 499 g/mol. The van der Waals surface area contributed by atoms with Gasteiger partial charge in [0.25, 0.3) is 5.91 Å². The van der Waals surface area contributed by atoms with Gasteiger partial charge in [-0.15, -0.1) is 0 Å². The molecule has 1 amide bonds. The van der Waals surface area contributed by atoms with Crippen molar-refractivity contribution < 1.29 is 14.1 Å². The first kappa shape index (κ1) is 23.9. The maximum atomic E-state index is 12.9. The fraction of sp³-hybridized carbons (Fsp3) is 0.240. The van der Waals surface area contributed by atoms with Gasteiger partial charge in [-0.1, -0.05) is 40.5 Å². The molecule has 2 aromatic heterocycles.